The van der Waals surface area contributed by atoms with Crippen LogP contribution in [0.15, 0.2) is 78.9 Å². The van der Waals surface area contributed by atoms with Crippen molar-refractivity contribution >= 4 is 46.8 Å². The molecule has 0 bridgehead atoms. The number of thioether (sulfide) groups is 1. The largest absolute Gasteiger partial charge is 0.394 e. The summed E-state index contributed by atoms with van der Waals surface area (Å²) < 4.78 is -1.68. The van der Waals surface area contributed by atoms with Crippen molar-refractivity contribution in [3.8, 4) is 0 Å². The molecule has 4 heterocycles. The smallest absolute Gasteiger partial charge is 0.251 e. The van der Waals surface area contributed by atoms with Crippen LogP contribution >= 0.6 is 23.4 Å². The van der Waals surface area contributed by atoms with E-state index in [-0.39, 0.29) is 30.9 Å². The van der Waals surface area contributed by atoms with Gasteiger partial charge in [0.05, 0.1) is 39.9 Å². The van der Waals surface area contributed by atoms with Crippen LogP contribution in [0.1, 0.15) is 19.4 Å². The van der Waals surface area contributed by atoms with Crippen LogP contribution in [-0.4, -0.2) is 73.9 Å². The quantitative estimate of drug-likeness (QED) is 0.545. The number of aliphatic hydroxyl groups is 1. The molecule has 1 spiro atoms. The fourth-order valence-electron chi connectivity index (χ4n) is 6.91. The summed E-state index contributed by atoms with van der Waals surface area (Å²) in [6, 6.07) is 15.5. The van der Waals surface area contributed by atoms with E-state index in [1.165, 1.54) is 16.7 Å². The van der Waals surface area contributed by atoms with E-state index in [1.807, 2.05) is 61.5 Å². The van der Waals surface area contributed by atoms with E-state index in [0.29, 0.717) is 23.8 Å². The zero-order valence-corrected chi connectivity index (χ0v) is 24.0. The predicted octanol–water partition coefficient (Wildman–Crippen LogP) is 3.91. The maximum absolute atomic E-state index is 14.5. The highest BCUT2D eigenvalue weighted by atomic mass is 35.5. The van der Waals surface area contributed by atoms with E-state index in [1.54, 1.807) is 34.9 Å². The molecule has 0 radical (unpaired) electrons. The molecule has 40 heavy (non-hydrogen) atoms. The molecule has 2 aromatic rings. The number of hydrogen-bond donors (Lipinski definition) is 1. The van der Waals surface area contributed by atoms with Gasteiger partial charge in [0.25, 0.3) is 5.91 Å². The van der Waals surface area contributed by atoms with Crippen molar-refractivity contribution in [3.05, 3.63) is 89.5 Å². The molecule has 9 heteroatoms. The Morgan fingerprint density at radius 2 is 1.65 bits per heavy atom. The Bertz CT molecular complexity index is 1420. The minimum atomic E-state index is -0.983. The molecule has 3 amide bonds. The lowest BCUT2D eigenvalue weighted by Crippen LogP contribution is -2.56. The Morgan fingerprint density at radius 3 is 2.38 bits per heavy atom. The van der Waals surface area contributed by atoms with Crippen molar-refractivity contribution in [2.75, 3.05) is 24.6 Å². The fourth-order valence-corrected chi connectivity index (χ4v) is 9.29. The molecule has 6 rings (SSSR count). The molecule has 0 aliphatic carbocycles. The number of nitrogens with zero attached hydrogens (tertiary/aromatic N) is 3. The second-order valence-corrected chi connectivity index (χ2v) is 13.4. The van der Waals surface area contributed by atoms with Crippen molar-refractivity contribution < 1.29 is 19.5 Å². The first kappa shape index (κ1) is 27.1. The number of hydrogen-bond acceptors (Lipinski definition) is 5. The molecule has 4 aliphatic rings. The normalized spacial score (nSPS) is 32.0. The van der Waals surface area contributed by atoms with Crippen molar-refractivity contribution in [2.45, 2.75) is 42.0 Å². The number of amides is 3. The first-order valence-electron chi connectivity index (χ1n) is 13.6. The monoisotopic (exact) mass is 577 g/mol. The average molecular weight is 578 g/mol. The van der Waals surface area contributed by atoms with E-state index in [9.17, 15) is 19.5 Å². The molecule has 2 fully saturated rings. The Morgan fingerprint density at radius 1 is 0.950 bits per heavy atom. The number of rotatable bonds is 5. The van der Waals surface area contributed by atoms with Crippen LogP contribution in [0, 0.1) is 11.8 Å². The number of anilines is 1. The van der Waals surface area contributed by atoms with Gasteiger partial charge in [-0.05, 0) is 31.5 Å². The van der Waals surface area contributed by atoms with Gasteiger partial charge < -0.3 is 19.8 Å². The molecule has 1 N–H and O–H groups in total. The first-order chi connectivity index (χ1) is 19.2. The summed E-state index contributed by atoms with van der Waals surface area (Å²) in [7, 11) is 0. The molecule has 6 atom stereocenters. The molecule has 0 saturated carbocycles. The van der Waals surface area contributed by atoms with Gasteiger partial charge in [-0.2, -0.15) is 0 Å². The SMILES string of the molecule is C[C@H](CO)N1C(=O)[C@@H]2[C@H]3C(=O)N(Cc4ccccc4)CC=C[C@@]3(C)S[C@@]23C=CCN(c2ccccc2Cl)C(=O)C13. The Labute approximate surface area is 243 Å². The van der Waals surface area contributed by atoms with Gasteiger partial charge in [0.15, 0.2) is 0 Å². The zero-order chi connectivity index (χ0) is 28.2. The Hall–Kier alpha value is -3.07. The minimum absolute atomic E-state index is 0.0932. The van der Waals surface area contributed by atoms with E-state index < -0.39 is 33.4 Å². The van der Waals surface area contributed by atoms with Crippen molar-refractivity contribution in [2.24, 2.45) is 11.8 Å². The number of carbonyl (C=O) groups is 3. The second-order valence-electron chi connectivity index (χ2n) is 11.2. The number of fused-ring (bicyclic) bond motifs is 2. The van der Waals surface area contributed by atoms with Crippen molar-refractivity contribution in [1.82, 2.24) is 9.80 Å². The van der Waals surface area contributed by atoms with Gasteiger partial charge in [0.2, 0.25) is 11.8 Å². The summed E-state index contributed by atoms with van der Waals surface area (Å²) in [5.41, 5.74) is 1.58. The average Bonchev–Trinajstić information content (AvgIpc) is 3.23. The highest BCUT2D eigenvalue weighted by molar-refractivity contribution is 8.02. The molecular formula is C31H32ClN3O4S. The number of likely N-dealkylation sites (tertiary alicyclic amines) is 1. The van der Waals surface area contributed by atoms with Crippen LogP contribution in [0.3, 0.4) is 0 Å². The number of carbonyl (C=O) groups excluding carboxylic acids is 3. The van der Waals surface area contributed by atoms with E-state index >= 15 is 0 Å². The number of aliphatic hydroxyl groups excluding tert-OH is 1. The van der Waals surface area contributed by atoms with Crippen LogP contribution in [0.25, 0.3) is 0 Å². The maximum atomic E-state index is 14.5. The second kappa shape index (κ2) is 10.1. The molecule has 1 unspecified atom stereocenters. The molecule has 2 saturated heterocycles. The molecule has 2 aromatic carbocycles. The van der Waals surface area contributed by atoms with Crippen molar-refractivity contribution in [3.63, 3.8) is 0 Å². The van der Waals surface area contributed by atoms with Gasteiger partial charge >= 0.3 is 0 Å². The predicted molar refractivity (Wildman–Crippen MR) is 157 cm³/mol. The molecule has 4 aliphatic heterocycles. The summed E-state index contributed by atoms with van der Waals surface area (Å²) in [6.45, 7) is 4.63. The third kappa shape index (κ3) is 4.03. The lowest BCUT2D eigenvalue weighted by molar-refractivity contribution is -0.145. The van der Waals surface area contributed by atoms with Gasteiger partial charge in [0.1, 0.15) is 6.04 Å². The van der Waals surface area contributed by atoms with Crippen LogP contribution in [-0.2, 0) is 20.9 Å². The van der Waals surface area contributed by atoms with Gasteiger partial charge in [-0.25, -0.2) is 0 Å². The Balaban J connectivity index is 1.46. The number of benzene rings is 2. The molecule has 208 valence electrons. The maximum Gasteiger partial charge on any atom is 0.251 e. The molecule has 7 nitrogen and oxygen atoms in total. The van der Waals surface area contributed by atoms with Crippen LogP contribution in [0.4, 0.5) is 5.69 Å². The third-order valence-electron chi connectivity index (χ3n) is 8.68. The fraction of sp³-hybridized carbons (Fsp3) is 0.387. The topological polar surface area (TPSA) is 81.2 Å². The number of para-hydroxylation sites is 1. The summed E-state index contributed by atoms with van der Waals surface area (Å²) in [4.78, 5) is 48.2. The van der Waals surface area contributed by atoms with Crippen LogP contribution < -0.4 is 4.90 Å². The van der Waals surface area contributed by atoms with Gasteiger partial charge in [-0.3, -0.25) is 14.4 Å². The molecular weight excluding hydrogens is 546 g/mol. The van der Waals surface area contributed by atoms with Gasteiger partial charge in [-0.15, -0.1) is 11.8 Å². The van der Waals surface area contributed by atoms with E-state index in [0.717, 1.165) is 5.56 Å². The van der Waals surface area contributed by atoms with E-state index in [2.05, 4.69) is 6.08 Å². The Kier molecular flexibility index (Phi) is 6.84. The van der Waals surface area contributed by atoms with E-state index in [4.69, 9.17) is 11.6 Å². The summed E-state index contributed by atoms with van der Waals surface area (Å²) >= 11 is 8.05. The van der Waals surface area contributed by atoms with Gasteiger partial charge in [0, 0.05) is 24.4 Å². The van der Waals surface area contributed by atoms with Crippen molar-refractivity contribution in [1.29, 1.82) is 0 Å². The minimum Gasteiger partial charge on any atom is -0.394 e. The summed E-state index contributed by atoms with van der Waals surface area (Å²) in [6.07, 6.45) is 7.97. The van der Waals surface area contributed by atoms with Crippen LogP contribution in [0.2, 0.25) is 5.02 Å². The van der Waals surface area contributed by atoms with Gasteiger partial charge in [-0.1, -0.05) is 78.4 Å². The third-order valence-corrected chi connectivity index (χ3v) is 10.8. The number of halogens is 1. The zero-order valence-electron chi connectivity index (χ0n) is 22.4. The highest BCUT2D eigenvalue weighted by Crippen LogP contribution is 2.66. The first-order valence-corrected chi connectivity index (χ1v) is 14.8. The lowest BCUT2D eigenvalue weighted by atomic mass is 9.74. The highest BCUT2D eigenvalue weighted by Gasteiger charge is 2.74. The standard InChI is InChI=1S/C31H32ClN3O4S/c1-20(19-36)35-26-29(39)34(23-13-7-6-12-22(23)32)17-9-15-31(26)25(28(35)38)24-27(37)33(16-8-14-30(24,2)40-31)18-21-10-4-3-5-11-21/h3-15,20,24-26,36H,16-19H2,1-2H3/t20-,24+,25+,26?,30-,31+/m1/s1. The lowest BCUT2D eigenvalue weighted by Gasteiger charge is -2.39. The summed E-state index contributed by atoms with van der Waals surface area (Å²) in [5.74, 6) is -2.06. The molecule has 0 aromatic heterocycles. The van der Waals surface area contributed by atoms with Crippen LogP contribution in [0.5, 0.6) is 0 Å². The summed E-state index contributed by atoms with van der Waals surface area (Å²) in [5, 5.41) is 10.6.